The van der Waals surface area contributed by atoms with Gasteiger partial charge in [-0.3, -0.25) is 0 Å². The van der Waals surface area contributed by atoms with Crippen molar-refractivity contribution in [3.63, 3.8) is 0 Å². The van der Waals surface area contributed by atoms with Crippen LogP contribution in [0.15, 0.2) is 36.8 Å². The first-order valence-electron chi connectivity index (χ1n) is 7.72. The summed E-state index contributed by atoms with van der Waals surface area (Å²) in [5.41, 5.74) is 0.748. The molecule has 1 aliphatic heterocycles. The number of halogens is 2. The van der Waals surface area contributed by atoms with E-state index in [2.05, 4.69) is 15.1 Å². The van der Waals surface area contributed by atoms with Crippen molar-refractivity contribution in [1.82, 2.24) is 19.6 Å². The summed E-state index contributed by atoms with van der Waals surface area (Å²) in [4.78, 5) is 10.4. The van der Waals surface area contributed by atoms with Crippen LogP contribution in [0, 0.1) is 5.82 Å². The number of hydrogen-bond donors (Lipinski definition) is 0. The standard InChI is InChI=1S/C16H15ClFN5O/c17-11-9-13(18)16(19-10-11)22-6-2-12(3-7-22)24-15-4-8-23-14(21-15)1-5-20-23/h1,4-5,8-10,12H,2-3,6-7H2. The molecule has 4 rings (SSSR count). The normalized spacial score (nSPS) is 15.8. The molecule has 0 aliphatic carbocycles. The van der Waals surface area contributed by atoms with Gasteiger partial charge in [0.15, 0.2) is 17.3 Å². The smallest absolute Gasteiger partial charge is 0.217 e. The average molecular weight is 348 g/mol. The maximum absolute atomic E-state index is 14.0. The second-order valence-electron chi connectivity index (χ2n) is 5.66. The van der Waals surface area contributed by atoms with E-state index in [0.29, 0.717) is 29.8 Å². The van der Waals surface area contributed by atoms with E-state index < -0.39 is 5.82 Å². The molecule has 0 aromatic carbocycles. The Morgan fingerprint density at radius 2 is 2.08 bits per heavy atom. The van der Waals surface area contributed by atoms with Crippen molar-refractivity contribution < 1.29 is 9.13 Å². The zero-order valence-corrected chi connectivity index (χ0v) is 13.5. The summed E-state index contributed by atoms with van der Waals surface area (Å²) in [5, 5.41) is 4.41. The molecule has 0 radical (unpaired) electrons. The highest BCUT2D eigenvalue weighted by atomic mass is 35.5. The van der Waals surface area contributed by atoms with Crippen molar-refractivity contribution >= 4 is 23.1 Å². The molecule has 3 aromatic rings. The average Bonchev–Trinajstić information content (AvgIpc) is 3.04. The molecule has 8 heteroatoms. The minimum atomic E-state index is -0.394. The zero-order valence-electron chi connectivity index (χ0n) is 12.8. The van der Waals surface area contributed by atoms with E-state index in [1.807, 2.05) is 17.2 Å². The van der Waals surface area contributed by atoms with E-state index in [1.165, 1.54) is 12.3 Å². The zero-order chi connectivity index (χ0) is 16.5. The van der Waals surface area contributed by atoms with E-state index in [1.54, 1.807) is 16.8 Å². The van der Waals surface area contributed by atoms with E-state index in [4.69, 9.17) is 16.3 Å². The number of fused-ring (bicyclic) bond motifs is 1. The first kappa shape index (κ1) is 15.1. The summed E-state index contributed by atoms with van der Waals surface area (Å²) in [6.07, 6.45) is 6.58. The molecule has 0 saturated carbocycles. The van der Waals surface area contributed by atoms with E-state index in [-0.39, 0.29) is 6.10 Å². The highest BCUT2D eigenvalue weighted by Gasteiger charge is 2.23. The van der Waals surface area contributed by atoms with E-state index in [0.717, 1.165) is 18.5 Å². The monoisotopic (exact) mass is 347 g/mol. The van der Waals surface area contributed by atoms with Gasteiger partial charge >= 0.3 is 0 Å². The van der Waals surface area contributed by atoms with Crippen LogP contribution in [0.1, 0.15) is 12.8 Å². The number of aromatic nitrogens is 4. The highest BCUT2D eigenvalue weighted by Crippen LogP contribution is 2.24. The third-order valence-electron chi connectivity index (χ3n) is 4.05. The molecule has 4 heterocycles. The predicted molar refractivity (Wildman–Crippen MR) is 88.1 cm³/mol. The van der Waals surface area contributed by atoms with Crippen molar-refractivity contribution in [3.05, 3.63) is 47.6 Å². The molecule has 0 atom stereocenters. The summed E-state index contributed by atoms with van der Waals surface area (Å²) in [5.74, 6) is 0.531. The van der Waals surface area contributed by atoms with Crippen LogP contribution >= 0.6 is 11.6 Å². The van der Waals surface area contributed by atoms with Crippen molar-refractivity contribution in [2.75, 3.05) is 18.0 Å². The van der Waals surface area contributed by atoms with Crippen molar-refractivity contribution in [2.24, 2.45) is 0 Å². The quantitative estimate of drug-likeness (QED) is 0.729. The largest absolute Gasteiger partial charge is 0.474 e. The summed E-state index contributed by atoms with van der Waals surface area (Å²) in [6, 6.07) is 4.91. The van der Waals surface area contributed by atoms with Gasteiger partial charge < -0.3 is 9.64 Å². The lowest BCUT2D eigenvalue weighted by Crippen LogP contribution is -2.39. The lowest BCUT2D eigenvalue weighted by molar-refractivity contribution is 0.163. The Hall–Kier alpha value is -2.41. The Kier molecular flexibility index (Phi) is 3.93. The molecule has 1 fully saturated rings. The predicted octanol–water partition coefficient (Wildman–Crippen LogP) is 2.96. The minimum Gasteiger partial charge on any atom is -0.474 e. The molecule has 0 spiro atoms. The van der Waals surface area contributed by atoms with Gasteiger partial charge in [0.05, 0.1) is 11.2 Å². The van der Waals surface area contributed by atoms with Crippen LogP contribution in [0.3, 0.4) is 0 Å². The molecule has 0 N–H and O–H groups in total. The molecule has 24 heavy (non-hydrogen) atoms. The second kappa shape index (κ2) is 6.24. The number of nitrogens with zero attached hydrogens (tertiary/aromatic N) is 5. The summed E-state index contributed by atoms with van der Waals surface area (Å²) >= 11 is 5.75. The minimum absolute atomic E-state index is 0.0504. The van der Waals surface area contributed by atoms with Crippen LogP contribution in [0.4, 0.5) is 10.2 Å². The first-order valence-corrected chi connectivity index (χ1v) is 8.10. The van der Waals surface area contributed by atoms with Crippen molar-refractivity contribution in [1.29, 1.82) is 0 Å². The van der Waals surface area contributed by atoms with Gasteiger partial charge in [-0.15, -0.1) is 0 Å². The third-order valence-corrected chi connectivity index (χ3v) is 4.26. The first-order chi connectivity index (χ1) is 11.7. The molecule has 0 unspecified atom stereocenters. The van der Waals surface area contributed by atoms with E-state index in [9.17, 15) is 4.39 Å². The lowest BCUT2D eigenvalue weighted by atomic mass is 10.1. The molecule has 1 saturated heterocycles. The molecule has 0 bridgehead atoms. The molecule has 6 nitrogen and oxygen atoms in total. The Labute approximate surface area is 142 Å². The number of hydrogen-bond acceptors (Lipinski definition) is 5. The topological polar surface area (TPSA) is 55.6 Å². The Morgan fingerprint density at radius 3 is 2.88 bits per heavy atom. The van der Waals surface area contributed by atoms with Crippen molar-refractivity contribution in [2.45, 2.75) is 18.9 Å². The van der Waals surface area contributed by atoms with Gasteiger partial charge in [-0.25, -0.2) is 13.9 Å². The van der Waals surface area contributed by atoms with Crippen LogP contribution in [0.5, 0.6) is 5.88 Å². The fourth-order valence-corrected chi connectivity index (χ4v) is 3.00. The summed E-state index contributed by atoms with van der Waals surface area (Å²) < 4.78 is 21.6. The number of ether oxygens (including phenoxy) is 1. The van der Waals surface area contributed by atoms with Crippen LogP contribution in [0.25, 0.3) is 5.65 Å². The molecule has 3 aromatic heterocycles. The SMILES string of the molecule is Fc1cc(Cl)cnc1N1CCC(Oc2ccn3nccc3n2)CC1. The molecular weight excluding hydrogens is 333 g/mol. The fourth-order valence-electron chi connectivity index (χ4n) is 2.86. The molecular formula is C16H15ClFN5O. The number of anilines is 1. The van der Waals surface area contributed by atoms with Crippen molar-refractivity contribution in [3.8, 4) is 5.88 Å². The molecule has 1 aliphatic rings. The van der Waals surface area contributed by atoms with Gasteiger partial charge in [-0.1, -0.05) is 11.6 Å². The molecule has 0 amide bonds. The number of pyridine rings is 1. The van der Waals surface area contributed by atoms with Crippen LogP contribution in [-0.4, -0.2) is 38.8 Å². The summed E-state index contributed by atoms with van der Waals surface area (Å²) in [7, 11) is 0. The Balaban J connectivity index is 1.40. The van der Waals surface area contributed by atoms with Gasteiger partial charge in [0.2, 0.25) is 5.88 Å². The Bertz CT molecular complexity index is 863. The maximum atomic E-state index is 14.0. The van der Waals surface area contributed by atoms with Crippen LogP contribution < -0.4 is 9.64 Å². The number of piperidine rings is 1. The highest BCUT2D eigenvalue weighted by molar-refractivity contribution is 6.30. The fraction of sp³-hybridized carbons (Fsp3) is 0.312. The Morgan fingerprint density at radius 1 is 1.25 bits per heavy atom. The van der Waals surface area contributed by atoms with Gasteiger partial charge in [-0.2, -0.15) is 10.1 Å². The van der Waals surface area contributed by atoms with Crippen LogP contribution in [-0.2, 0) is 0 Å². The molecule has 124 valence electrons. The maximum Gasteiger partial charge on any atom is 0.217 e. The lowest BCUT2D eigenvalue weighted by Gasteiger charge is -2.32. The second-order valence-corrected chi connectivity index (χ2v) is 6.10. The van der Waals surface area contributed by atoms with Gasteiger partial charge in [-0.05, 0) is 6.07 Å². The number of rotatable bonds is 3. The summed E-state index contributed by atoms with van der Waals surface area (Å²) in [6.45, 7) is 1.34. The van der Waals surface area contributed by atoms with Gasteiger partial charge in [0.1, 0.15) is 6.10 Å². The van der Waals surface area contributed by atoms with Gasteiger partial charge in [0.25, 0.3) is 0 Å². The van der Waals surface area contributed by atoms with Crippen LogP contribution in [0.2, 0.25) is 5.02 Å². The van der Waals surface area contributed by atoms with Gasteiger partial charge in [0, 0.05) is 50.5 Å². The third kappa shape index (κ3) is 2.99. The van der Waals surface area contributed by atoms with E-state index >= 15 is 0 Å².